The quantitative estimate of drug-likeness (QED) is 0.827. The summed E-state index contributed by atoms with van der Waals surface area (Å²) in [4.78, 5) is 11.0. The Morgan fingerprint density at radius 1 is 1.33 bits per heavy atom. The molecule has 1 amide bonds. The highest BCUT2D eigenvalue weighted by Gasteiger charge is 2.40. The van der Waals surface area contributed by atoms with Gasteiger partial charge in [-0.25, -0.2) is 4.79 Å². The number of fused-ring (bicyclic) bond motifs is 2. The number of amides is 1. The molecule has 0 heterocycles. The van der Waals surface area contributed by atoms with Gasteiger partial charge >= 0.3 is 6.09 Å². The first-order valence-electron chi connectivity index (χ1n) is 6.52. The smallest absolute Gasteiger partial charge is 0.409 e. The summed E-state index contributed by atoms with van der Waals surface area (Å²) < 4.78 is 5.24. The number of ether oxygens (including phenoxy) is 1. The van der Waals surface area contributed by atoms with Crippen LogP contribution in [0.15, 0.2) is 6.07 Å². The second-order valence-electron chi connectivity index (χ2n) is 6.45. The average Bonchev–Trinajstić information content (AvgIpc) is 2.09. The minimum atomic E-state index is -0.697. The SMILES string of the molecule is CC(C)(C)C1Cc2c1cc1c(c2OC(N)=O)CC1. The van der Waals surface area contributed by atoms with Crippen molar-refractivity contribution in [2.24, 2.45) is 11.1 Å². The van der Waals surface area contributed by atoms with Crippen LogP contribution in [0.3, 0.4) is 0 Å². The molecule has 2 aliphatic rings. The molecule has 0 fully saturated rings. The molecule has 3 nitrogen and oxygen atoms in total. The first kappa shape index (κ1) is 11.6. The van der Waals surface area contributed by atoms with Crippen LogP contribution in [0.5, 0.6) is 5.75 Å². The number of hydrogen-bond donors (Lipinski definition) is 1. The monoisotopic (exact) mass is 245 g/mol. The fraction of sp³-hybridized carbons (Fsp3) is 0.533. The highest BCUT2D eigenvalue weighted by Crippen LogP contribution is 2.53. The Kier molecular flexibility index (Phi) is 2.25. The van der Waals surface area contributed by atoms with Crippen molar-refractivity contribution in [3.05, 3.63) is 28.3 Å². The molecular weight excluding hydrogens is 226 g/mol. The van der Waals surface area contributed by atoms with Crippen molar-refractivity contribution in [1.82, 2.24) is 0 Å². The van der Waals surface area contributed by atoms with Gasteiger partial charge in [-0.1, -0.05) is 26.8 Å². The molecule has 1 unspecified atom stereocenters. The topological polar surface area (TPSA) is 52.3 Å². The number of rotatable bonds is 1. The van der Waals surface area contributed by atoms with Crippen molar-refractivity contribution in [2.75, 3.05) is 0 Å². The second kappa shape index (κ2) is 3.50. The molecule has 1 atom stereocenters. The molecule has 0 bridgehead atoms. The number of nitrogens with two attached hydrogens (primary N) is 1. The summed E-state index contributed by atoms with van der Waals surface area (Å²) in [5, 5.41) is 0. The second-order valence-corrected chi connectivity index (χ2v) is 6.45. The van der Waals surface area contributed by atoms with Crippen LogP contribution in [-0.2, 0) is 19.3 Å². The number of benzene rings is 1. The molecule has 96 valence electrons. The summed E-state index contributed by atoms with van der Waals surface area (Å²) in [5.74, 6) is 1.33. The van der Waals surface area contributed by atoms with Crippen LogP contribution in [0.4, 0.5) is 4.79 Å². The van der Waals surface area contributed by atoms with Gasteiger partial charge in [0, 0.05) is 0 Å². The predicted octanol–water partition coefficient (Wildman–Crippen LogP) is 2.93. The maximum Gasteiger partial charge on any atom is 0.409 e. The molecule has 1 aromatic carbocycles. The van der Waals surface area contributed by atoms with Crippen molar-refractivity contribution in [3.8, 4) is 5.75 Å². The molecular formula is C15H19NO2. The zero-order chi connectivity index (χ0) is 13.1. The van der Waals surface area contributed by atoms with Crippen molar-refractivity contribution in [1.29, 1.82) is 0 Å². The molecule has 2 N–H and O–H groups in total. The zero-order valence-corrected chi connectivity index (χ0v) is 11.2. The maximum atomic E-state index is 11.0. The van der Waals surface area contributed by atoms with Crippen LogP contribution in [0.1, 0.15) is 48.9 Å². The molecule has 0 spiro atoms. The Balaban J connectivity index is 2.05. The van der Waals surface area contributed by atoms with Crippen LogP contribution in [0.2, 0.25) is 0 Å². The summed E-state index contributed by atoms with van der Waals surface area (Å²) >= 11 is 0. The lowest BCUT2D eigenvalue weighted by Crippen LogP contribution is -2.33. The van der Waals surface area contributed by atoms with Gasteiger partial charge in [0.1, 0.15) is 5.75 Å². The Bertz CT molecular complexity index is 540. The van der Waals surface area contributed by atoms with E-state index < -0.39 is 6.09 Å². The minimum absolute atomic E-state index is 0.259. The highest BCUT2D eigenvalue weighted by molar-refractivity contribution is 5.72. The average molecular weight is 245 g/mol. The molecule has 3 rings (SSSR count). The van der Waals surface area contributed by atoms with Crippen LogP contribution < -0.4 is 10.5 Å². The molecule has 1 aromatic rings. The number of aryl methyl sites for hydroxylation is 1. The van der Waals surface area contributed by atoms with E-state index >= 15 is 0 Å². The molecule has 18 heavy (non-hydrogen) atoms. The van der Waals surface area contributed by atoms with E-state index in [1.807, 2.05) is 0 Å². The summed E-state index contributed by atoms with van der Waals surface area (Å²) in [6, 6.07) is 2.31. The van der Waals surface area contributed by atoms with E-state index in [0.717, 1.165) is 25.0 Å². The first-order chi connectivity index (χ1) is 8.38. The molecule has 0 saturated carbocycles. The highest BCUT2D eigenvalue weighted by atomic mass is 16.5. The van der Waals surface area contributed by atoms with Gasteiger partial charge in [0.25, 0.3) is 0 Å². The third kappa shape index (κ3) is 1.53. The van der Waals surface area contributed by atoms with E-state index in [-0.39, 0.29) is 5.41 Å². The molecule has 2 aliphatic carbocycles. The van der Waals surface area contributed by atoms with Crippen LogP contribution in [0.25, 0.3) is 0 Å². The lowest BCUT2D eigenvalue weighted by molar-refractivity contribution is 0.208. The van der Waals surface area contributed by atoms with Gasteiger partial charge < -0.3 is 10.5 Å². The number of primary amides is 1. The molecule has 0 radical (unpaired) electrons. The number of carbonyl (C=O) groups is 1. The summed E-state index contributed by atoms with van der Waals surface area (Å²) in [5.41, 5.74) is 10.5. The third-order valence-electron chi connectivity index (χ3n) is 4.29. The van der Waals surface area contributed by atoms with Gasteiger partial charge in [0.05, 0.1) is 0 Å². The van der Waals surface area contributed by atoms with Gasteiger partial charge in [0.15, 0.2) is 0 Å². The van der Waals surface area contributed by atoms with E-state index in [1.165, 1.54) is 22.3 Å². The predicted molar refractivity (Wildman–Crippen MR) is 70.0 cm³/mol. The maximum absolute atomic E-state index is 11.0. The summed E-state index contributed by atoms with van der Waals surface area (Å²) in [6.07, 6.45) is 2.39. The Morgan fingerprint density at radius 3 is 2.56 bits per heavy atom. The third-order valence-corrected chi connectivity index (χ3v) is 4.29. The van der Waals surface area contributed by atoms with Crippen molar-refractivity contribution >= 4 is 6.09 Å². The lowest BCUT2D eigenvalue weighted by Gasteiger charge is -2.43. The Labute approximate surface area is 107 Å². The standard InChI is InChI=1S/C15H19NO2/c1-15(2,3)12-7-11-10(12)6-8-4-5-9(8)13(11)18-14(16)17/h6,12H,4-5,7H2,1-3H3,(H2,16,17). The van der Waals surface area contributed by atoms with Crippen LogP contribution in [-0.4, -0.2) is 6.09 Å². The van der Waals surface area contributed by atoms with Crippen molar-refractivity contribution < 1.29 is 9.53 Å². The molecule has 0 aromatic heterocycles. The van der Waals surface area contributed by atoms with Gasteiger partial charge in [-0.3, -0.25) is 0 Å². The fourth-order valence-corrected chi connectivity index (χ4v) is 3.10. The van der Waals surface area contributed by atoms with E-state index in [0.29, 0.717) is 5.92 Å². The van der Waals surface area contributed by atoms with E-state index in [9.17, 15) is 4.79 Å². The van der Waals surface area contributed by atoms with Gasteiger partial charge in [0.2, 0.25) is 0 Å². The van der Waals surface area contributed by atoms with E-state index in [4.69, 9.17) is 10.5 Å². The van der Waals surface area contributed by atoms with E-state index in [1.54, 1.807) is 0 Å². The molecule has 3 heteroatoms. The van der Waals surface area contributed by atoms with Crippen molar-refractivity contribution in [2.45, 2.75) is 46.0 Å². The normalized spacial score (nSPS) is 20.3. The molecule has 0 aliphatic heterocycles. The largest absolute Gasteiger partial charge is 0.410 e. The lowest BCUT2D eigenvalue weighted by atomic mass is 9.62. The van der Waals surface area contributed by atoms with Gasteiger partial charge in [-0.15, -0.1) is 0 Å². The van der Waals surface area contributed by atoms with Crippen molar-refractivity contribution in [3.63, 3.8) is 0 Å². The number of carbonyl (C=O) groups excluding carboxylic acids is 1. The van der Waals surface area contributed by atoms with E-state index in [2.05, 4.69) is 26.8 Å². The summed E-state index contributed by atoms with van der Waals surface area (Å²) in [6.45, 7) is 6.78. The Morgan fingerprint density at radius 2 is 2.06 bits per heavy atom. The number of hydrogen-bond acceptors (Lipinski definition) is 2. The van der Waals surface area contributed by atoms with Crippen LogP contribution >= 0.6 is 0 Å². The Hall–Kier alpha value is -1.51. The zero-order valence-electron chi connectivity index (χ0n) is 11.2. The minimum Gasteiger partial charge on any atom is -0.410 e. The summed E-state index contributed by atoms with van der Waals surface area (Å²) in [7, 11) is 0. The fourth-order valence-electron chi connectivity index (χ4n) is 3.10. The van der Waals surface area contributed by atoms with Gasteiger partial charge in [-0.05, 0) is 52.8 Å². The molecule has 0 saturated heterocycles. The van der Waals surface area contributed by atoms with Gasteiger partial charge in [-0.2, -0.15) is 0 Å². The first-order valence-corrected chi connectivity index (χ1v) is 6.52. The van der Waals surface area contributed by atoms with Crippen LogP contribution in [0, 0.1) is 5.41 Å².